The van der Waals surface area contributed by atoms with Gasteiger partial charge in [-0.1, -0.05) is 43.5 Å². The molecule has 1 amide bonds. The van der Waals surface area contributed by atoms with Crippen LogP contribution in [-0.2, 0) is 6.42 Å². The van der Waals surface area contributed by atoms with Crippen molar-refractivity contribution in [3.8, 4) is 11.3 Å². The van der Waals surface area contributed by atoms with Crippen LogP contribution in [0.5, 0.6) is 0 Å². The Balaban J connectivity index is 1.38. The van der Waals surface area contributed by atoms with E-state index in [2.05, 4.69) is 39.6 Å². The number of nitrogens with one attached hydrogen (secondary N) is 1. The molecule has 5 rings (SSSR count). The summed E-state index contributed by atoms with van der Waals surface area (Å²) in [6.07, 6.45) is 4.94. The molecule has 1 aliphatic rings. The fraction of sp³-hybridized carbons (Fsp3) is 0.320. The van der Waals surface area contributed by atoms with E-state index in [0.29, 0.717) is 5.69 Å². The van der Waals surface area contributed by atoms with Gasteiger partial charge in [0.25, 0.3) is 5.91 Å². The normalized spacial score (nSPS) is 19.0. The van der Waals surface area contributed by atoms with Crippen molar-refractivity contribution in [2.45, 2.75) is 50.7 Å². The van der Waals surface area contributed by atoms with E-state index in [9.17, 15) is 9.90 Å². The highest BCUT2D eigenvalue weighted by Crippen LogP contribution is 2.28. The Morgan fingerprint density at radius 2 is 1.97 bits per heavy atom. The number of thiazole rings is 1. The molecule has 2 N–H and O–H groups in total. The lowest BCUT2D eigenvalue weighted by molar-refractivity contribution is 0.0814. The number of nitrogens with zero attached hydrogens (tertiary/aromatic N) is 2. The van der Waals surface area contributed by atoms with Gasteiger partial charge < -0.3 is 10.4 Å². The minimum atomic E-state index is -0.484. The molecule has 2 atom stereocenters. The molecule has 0 unspecified atom stereocenters. The maximum absolute atomic E-state index is 13.0. The van der Waals surface area contributed by atoms with E-state index in [1.165, 1.54) is 5.56 Å². The number of rotatable bonds is 5. The minimum Gasteiger partial charge on any atom is -0.391 e. The van der Waals surface area contributed by atoms with Gasteiger partial charge in [0.2, 0.25) is 0 Å². The Kier molecular flexibility index (Phi) is 6.30. The zero-order valence-electron chi connectivity index (χ0n) is 17.7. The van der Waals surface area contributed by atoms with Crippen LogP contribution in [0, 0.1) is 0 Å². The molecular weight excluding hydrogens is 438 g/mol. The summed E-state index contributed by atoms with van der Waals surface area (Å²) >= 11 is 3.24. The predicted molar refractivity (Wildman–Crippen MR) is 130 cm³/mol. The Morgan fingerprint density at radius 3 is 2.78 bits per heavy atom. The summed E-state index contributed by atoms with van der Waals surface area (Å²) in [5, 5.41) is 17.5. The van der Waals surface area contributed by atoms with Crippen LogP contribution >= 0.6 is 22.7 Å². The number of benzene rings is 1. The van der Waals surface area contributed by atoms with Crippen LogP contribution in [0.25, 0.3) is 21.5 Å². The lowest BCUT2D eigenvalue weighted by Gasteiger charge is -2.21. The van der Waals surface area contributed by atoms with Crippen LogP contribution in [0.3, 0.4) is 0 Å². The SMILES string of the molecule is O=C(N[C@H]1CCCCC[C@@H]1O)c1cc(Cc2ccc(-c3cscn3)cc2)c2sccc2n1. The fourth-order valence-corrected chi connectivity index (χ4v) is 5.75. The van der Waals surface area contributed by atoms with Gasteiger partial charge in [-0.15, -0.1) is 22.7 Å². The van der Waals surface area contributed by atoms with Crippen LogP contribution in [-0.4, -0.2) is 33.1 Å². The molecule has 3 aromatic heterocycles. The molecule has 0 spiro atoms. The Hall–Kier alpha value is -2.61. The summed E-state index contributed by atoms with van der Waals surface area (Å²) < 4.78 is 1.11. The van der Waals surface area contributed by atoms with E-state index in [4.69, 9.17) is 0 Å². The summed E-state index contributed by atoms with van der Waals surface area (Å²) in [7, 11) is 0. The van der Waals surface area contributed by atoms with E-state index >= 15 is 0 Å². The molecule has 7 heteroatoms. The summed E-state index contributed by atoms with van der Waals surface area (Å²) in [5.74, 6) is -0.204. The molecule has 5 nitrogen and oxygen atoms in total. The molecule has 4 aromatic rings. The monoisotopic (exact) mass is 463 g/mol. The third kappa shape index (κ3) is 4.60. The van der Waals surface area contributed by atoms with Crippen molar-refractivity contribution in [2.75, 3.05) is 0 Å². The van der Waals surface area contributed by atoms with Crippen molar-refractivity contribution in [3.05, 3.63) is 69.5 Å². The number of carbonyl (C=O) groups is 1. The van der Waals surface area contributed by atoms with E-state index < -0.39 is 6.10 Å². The molecule has 1 aliphatic carbocycles. The van der Waals surface area contributed by atoms with Gasteiger partial charge in [0.05, 0.1) is 33.6 Å². The number of amides is 1. The van der Waals surface area contributed by atoms with Gasteiger partial charge in [-0.25, -0.2) is 9.97 Å². The van der Waals surface area contributed by atoms with Gasteiger partial charge in [-0.05, 0) is 47.9 Å². The molecule has 164 valence electrons. The average Bonchev–Trinajstić information content (AvgIpc) is 3.47. The second-order valence-electron chi connectivity index (χ2n) is 8.33. The number of hydrogen-bond donors (Lipinski definition) is 2. The molecule has 0 saturated heterocycles. The lowest BCUT2D eigenvalue weighted by atomic mass is 10.0. The standard InChI is InChI=1S/C25H25N3O2S2/c29-23-5-3-1-2-4-19(23)28-25(30)21-13-18(24-20(27-21)10-11-32-24)12-16-6-8-17(9-7-16)22-14-31-15-26-22/h6-11,13-15,19,23,29H,1-5,12H2,(H,28,30)/t19-,23-/m0/s1. The molecule has 1 saturated carbocycles. The third-order valence-electron chi connectivity index (χ3n) is 6.09. The van der Waals surface area contributed by atoms with Crippen molar-refractivity contribution >= 4 is 38.8 Å². The second-order valence-corrected chi connectivity index (χ2v) is 9.97. The smallest absolute Gasteiger partial charge is 0.270 e. The van der Waals surface area contributed by atoms with Crippen LogP contribution in [0.4, 0.5) is 0 Å². The van der Waals surface area contributed by atoms with Crippen LogP contribution in [0.15, 0.2) is 52.7 Å². The van der Waals surface area contributed by atoms with E-state index in [0.717, 1.165) is 65.6 Å². The summed E-state index contributed by atoms with van der Waals surface area (Å²) in [6, 6.07) is 12.1. The zero-order valence-corrected chi connectivity index (χ0v) is 19.3. The maximum Gasteiger partial charge on any atom is 0.270 e. The highest BCUT2D eigenvalue weighted by atomic mass is 32.1. The van der Waals surface area contributed by atoms with Gasteiger partial charge in [0.15, 0.2) is 0 Å². The molecule has 3 heterocycles. The summed E-state index contributed by atoms with van der Waals surface area (Å²) in [6.45, 7) is 0. The number of fused-ring (bicyclic) bond motifs is 1. The van der Waals surface area contributed by atoms with Crippen molar-refractivity contribution < 1.29 is 9.90 Å². The number of aliphatic hydroxyl groups is 1. The largest absolute Gasteiger partial charge is 0.391 e. The highest BCUT2D eigenvalue weighted by molar-refractivity contribution is 7.17. The number of aromatic nitrogens is 2. The van der Waals surface area contributed by atoms with Gasteiger partial charge >= 0.3 is 0 Å². The highest BCUT2D eigenvalue weighted by Gasteiger charge is 2.24. The number of hydrogen-bond acceptors (Lipinski definition) is 6. The quantitative estimate of drug-likeness (QED) is 0.387. The number of pyridine rings is 1. The summed E-state index contributed by atoms with van der Waals surface area (Å²) in [4.78, 5) is 22.0. The Bertz CT molecular complexity index is 1200. The third-order valence-corrected chi connectivity index (χ3v) is 7.66. The molecule has 32 heavy (non-hydrogen) atoms. The van der Waals surface area contributed by atoms with Crippen LogP contribution < -0.4 is 5.32 Å². The summed E-state index contributed by atoms with van der Waals surface area (Å²) in [5.41, 5.74) is 7.47. The molecule has 0 aliphatic heterocycles. The van der Waals surface area contributed by atoms with Crippen molar-refractivity contribution in [1.82, 2.24) is 15.3 Å². The van der Waals surface area contributed by atoms with Gasteiger partial charge in [-0.3, -0.25) is 4.79 Å². The first kappa shape index (κ1) is 21.2. The maximum atomic E-state index is 13.0. The number of carbonyl (C=O) groups excluding carboxylic acids is 1. The van der Waals surface area contributed by atoms with Crippen LogP contribution in [0.2, 0.25) is 0 Å². The Morgan fingerprint density at radius 1 is 1.12 bits per heavy atom. The number of thiophene rings is 1. The number of aliphatic hydroxyl groups excluding tert-OH is 1. The first-order valence-corrected chi connectivity index (χ1v) is 12.8. The van der Waals surface area contributed by atoms with Crippen molar-refractivity contribution in [3.63, 3.8) is 0 Å². The first-order valence-electron chi connectivity index (χ1n) is 11.0. The van der Waals surface area contributed by atoms with Crippen molar-refractivity contribution in [2.24, 2.45) is 0 Å². The van der Waals surface area contributed by atoms with E-state index in [-0.39, 0.29) is 11.9 Å². The topological polar surface area (TPSA) is 75.1 Å². The van der Waals surface area contributed by atoms with E-state index in [1.54, 1.807) is 22.7 Å². The zero-order chi connectivity index (χ0) is 21.9. The lowest BCUT2D eigenvalue weighted by Crippen LogP contribution is -2.43. The molecule has 0 radical (unpaired) electrons. The first-order chi connectivity index (χ1) is 15.7. The molecule has 1 aromatic carbocycles. The molecule has 1 fully saturated rings. The van der Waals surface area contributed by atoms with Gasteiger partial charge in [0.1, 0.15) is 5.69 Å². The van der Waals surface area contributed by atoms with Gasteiger partial charge in [0, 0.05) is 10.9 Å². The fourth-order valence-electron chi connectivity index (χ4n) is 4.34. The van der Waals surface area contributed by atoms with Crippen molar-refractivity contribution in [1.29, 1.82) is 0 Å². The minimum absolute atomic E-state index is 0.202. The van der Waals surface area contributed by atoms with Gasteiger partial charge in [-0.2, -0.15) is 0 Å². The van der Waals surface area contributed by atoms with Crippen LogP contribution in [0.1, 0.15) is 53.7 Å². The second kappa shape index (κ2) is 9.48. The van der Waals surface area contributed by atoms with E-state index in [1.807, 2.05) is 28.4 Å². The average molecular weight is 464 g/mol. The Labute approximate surface area is 195 Å². The predicted octanol–water partition coefficient (Wildman–Crippen LogP) is 5.43. The molecule has 0 bridgehead atoms. The molecular formula is C25H25N3O2S2.